The summed E-state index contributed by atoms with van der Waals surface area (Å²) in [5.74, 6) is 0.477. The lowest BCUT2D eigenvalue weighted by molar-refractivity contribution is -0.137. The molecule has 2 aromatic carbocycles. The number of benzene rings is 2. The summed E-state index contributed by atoms with van der Waals surface area (Å²) in [4.78, 5) is 0. The molecule has 2 aromatic heterocycles. The molecular formula is C23H20ClF3N6S. The van der Waals surface area contributed by atoms with Gasteiger partial charge < -0.3 is 10.6 Å². The van der Waals surface area contributed by atoms with E-state index >= 15 is 0 Å². The fraction of sp³-hybridized carbons (Fsp3) is 0.174. The Balaban J connectivity index is 1.37. The highest BCUT2D eigenvalue weighted by molar-refractivity contribution is 7.80. The van der Waals surface area contributed by atoms with Crippen LogP contribution in [0.15, 0.2) is 67.0 Å². The van der Waals surface area contributed by atoms with E-state index in [0.29, 0.717) is 33.7 Å². The van der Waals surface area contributed by atoms with Gasteiger partial charge in [-0.2, -0.15) is 23.4 Å². The van der Waals surface area contributed by atoms with Crippen molar-refractivity contribution in [2.45, 2.75) is 26.2 Å². The average molecular weight is 505 g/mol. The molecule has 2 N–H and O–H groups in total. The number of nitrogens with one attached hydrogen (secondary N) is 2. The van der Waals surface area contributed by atoms with Crippen LogP contribution >= 0.6 is 23.8 Å². The van der Waals surface area contributed by atoms with Crippen LogP contribution in [0.3, 0.4) is 0 Å². The van der Waals surface area contributed by atoms with Crippen LogP contribution in [0.1, 0.15) is 22.4 Å². The van der Waals surface area contributed by atoms with Crippen molar-refractivity contribution in [2.24, 2.45) is 0 Å². The molecule has 0 radical (unpaired) electrons. The number of rotatable bonds is 6. The summed E-state index contributed by atoms with van der Waals surface area (Å²) in [5, 5.41) is 15.7. The third-order valence-electron chi connectivity index (χ3n) is 4.99. The van der Waals surface area contributed by atoms with Crippen LogP contribution in [0.25, 0.3) is 0 Å². The molecule has 0 aliphatic carbocycles. The maximum Gasteiger partial charge on any atom is 0.416 e. The van der Waals surface area contributed by atoms with E-state index < -0.39 is 11.7 Å². The standard InChI is InChI=1S/C23H20ClF3N6S/c1-15-9-21(31-33(15)12-16-5-4-7-18(10-16)23(25,26)27)30-22(34)29-19-11-28-32(14-19)13-17-6-2-3-8-20(17)24/h2-11,14H,12-13H2,1H3,(H2,29,30,31,34). The van der Waals surface area contributed by atoms with Gasteiger partial charge in [-0.25, -0.2) is 0 Å². The second-order valence-electron chi connectivity index (χ2n) is 7.62. The van der Waals surface area contributed by atoms with Gasteiger partial charge in [0, 0.05) is 23.0 Å². The summed E-state index contributed by atoms with van der Waals surface area (Å²) in [6, 6.07) is 14.5. The summed E-state index contributed by atoms with van der Waals surface area (Å²) in [6.07, 6.45) is -0.946. The van der Waals surface area contributed by atoms with E-state index in [-0.39, 0.29) is 6.54 Å². The molecule has 11 heteroatoms. The Morgan fingerprint density at radius 2 is 1.85 bits per heavy atom. The number of thiocarbonyl (C=S) groups is 1. The lowest BCUT2D eigenvalue weighted by Crippen LogP contribution is -2.19. The molecule has 0 amide bonds. The Kier molecular flexibility index (Phi) is 6.90. The van der Waals surface area contributed by atoms with Gasteiger partial charge in [-0.15, -0.1) is 0 Å². The molecule has 0 fully saturated rings. The highest BCUT2D eigenvalue weighted by Gasteiger charge is 2.30. The van der Waals surface area contributed by atoms with Crippen molar-refractivity contribution < 1.29 is 13.2 Å². The zero-order chi connectivity index (χ0) is 24.3. The summed E-state index contributed by atoms with van der Waals surface area (Å²) in [5.41, 5.74) is 2.22. The number of hydrogen-bond acceptors (Lipinski definition) is 3. The molecule has 0 aliphatic heterocycles. The Bertz CT molecular complexity index is 1310. The minimum atomic E-state index is -4.39. The smallest absolute Gasteiger partial charge is 0.330 e. The van der Waals surface area contributed by atoms with Crippen LogP contribution < -0.4 is 10.6 Å². The van der Waals surface area contributed by atoms with Gasteiger partial charge in [0.15, 0.2) is 10.9 Å². The number of nitrogens with zero attached hydrogens (tertiary/aromatic N) is 4. The normalized spacial score (nSPS) is 11.4. The zero-order valence-corrected chi connectivity index (χ0v) is 19.5. The molecule has 4 aromatic rings. The van der Waals surface area contributed by atoms with Gasteiger partial charge in [-0.3, -0.25) is 9.36 Å². The maximum atomic E-state index is 13.0. The maximum absolute atomic E-state index is 13.0. The first kappa shape index (κ1) is 23.8. The second kappa shape index (κ2) is 9.86. The first-order chi connectivity index (χ1) is 16.2. The number of aryl methyl sites for hydroxylation is 1. The third-order valence-corrected chi connectivity index (χ3v) is 5.56. The molecule has 0 saturated heterocycles. The van der Waals surface area contributed by atoms with E-state index in [9.17, 15) is 13.2 Å². The van der Waals surface area contributed by atoms with E-state index in [1.807, 2.05) is 31.2 Å². The first-order valence-electron chi connectivity index (χ1n) is 10.2. The lowest BCUT2D eigenvalue weighted by Gasteiger charge is -2.10. The molecule has 0 atom stereocenters. The van der Waals surface area contributed by atoms with Crippen molar-refractivity contribution >= 4 is 40.4 Å². The van der Waals surface area contributed by atoms with Gasteiger partial charge in [-0.05, 0) is 48.5 Å². The van der Waals surface area contributed by atoms with Gasteiger partial charge >= 0.3 is 6.18 Å². The molecule has 34 heavy (non-hydrogen) atoms. The molecular weight excluding hydrogens is 485 g/mol. The summed E-state index contributed by atoms with van der Waals surface area (Å²) in [7, 11) is 0. The fourth-order valence-corrected chi connectivity index (χ4v) is 3.76. The van der Waals surface area contributed by atoms with Gasteiger partial charge in [-0.1, -0.05) is 41.9 Å². The number of anilines is 2. The minimum Gasteiger partial charge on any atom is -0.330 e. The quantitative estimate of drug-likeness (QED) is 0.317. The summed E-state index contributed by atoms with van der Waals surface area (Å²) >= 11 is 11.6. The topological polar surface area (TPSA) is 59.7 Å². The fourth-order valence-electron chi connectivity index (χ4n) is 3.34. The van der Waals surface area contributed by atoms with Crippen molar-refractivity contribution in [2.75, 3.05) is 10.6 Å². The molecule has 0 aliphatic rings. The van der Waals surface area contributed by atoms with Crippen LogP contribution in [0, 0.1) is 6.92 Å². The molecule has 0 bridgehead atoms. The summed E-state index contributed by atoms with van der Waals surface area (Å²) < 4.78 is 42.3. The van der Waals surface area contributed by atoms with E-state index in [4.69, 9.17) is 23.8 Å². The highest BCUT2D eigenvalue weighted by atomic mass is 35.5. The van der Waals surface area contributed by atoms with Crippen LogP contribution in [-0.4, -0.2) is 24.7 Å². The predicted octanol–water partition coefficient (Wildman–Crippen LogP) is 5.97. The van der Waals surface area contributed by atoms with Crippen molar-refractivity contribution in [3.63, 3.8) is 0 Å². The molecule has 0 spiro atoms. The van der Waals surface area contributed by atoms with E-state index in [1.54, 1.807) is 33.9 Å². The minimum absolute atomic E-state index is 0.201. The molecule has 2 heterocycles. The van der Waals surface area contributed by atoms with Crippen LogP contribution in [0.4, 0.5) is 24.7 Å². The monoisotopic (exact) mass is 504 g/mol. The molecule has 6 nitrogen and oxygen atoms in total. The zero-order valence-electron chi connectivity index (χ0n) is 18.0. The van der Waals surface area contributed by atoms with Gasteiger partial charge in [0.05, 0.1) is 30.5 Å². The SMILES string of the molecule is Cc1cc(NC(=S)Nc2cnn(Cc3ccccc3Cl)c2)nn1Cc1cccc(C(F)(F)F)c1. The second-order valence-corrected chi connectivity index (χ2v) is 8.44. The largest absolute Gasteiger partial charge is 0.416 e. The van der Waals surface area contributed by atoms with Crippen molar-refractivity contribution in [3.05, 3.63) is 94.4 Å². The first-order valence-corrected chi connectivity index (χ1v) is 11.0. The van der Waals surface area contributed by atoms with Crippen molar-refractivity contribution in [3.8, 4) is 0 Å². The van der Waals surface area contributed by atoms with Crippen LogP contribution in [0.5, 0.6) is 0 Å². The number of hydrogen-bond donors (Lipinski definition) is 2. The Morgan fingerprint density at radius 3 is 2.62 bits per heavy atom. The summed E-state index contributed by atoms with van der Waals surface area (Å²) in [6.45, 7) is 2.54. The molecule has 0 unspecified atom stereocenters. The average Bonchev–Trinajstić information content (AvgIpc) is 3.35. The van der Waals surface area contributed by atoms with Crippen molar-refractivity contribution in [1.82, 2.24) is 19.6 Å². The molecule has 0 saturated carbocycles. The number of halogens is 4. The molecule has 4 rings (SSSR count). The van der Waals surface area contributed by atoms with Gasteiger partial charge in [0.25, 0.3) is 0 Å². The Morgan fingerprint density at radius 1 is 1.06 bits per heavy atom. The van der Waals surface area contributed by atoms with E-state index in [2.05, 4.69) is 20.8 Å². The Hall–Kier alpha value is -3.37. The van der Waals surface area contributed by atoms with Crippen molar-refractivity contribution in [1.29, 1.82) is 0 Å². The number of aromatic nitrogens is 4. The van der Waals surface area contributed by atoms with Gasteiger partial charge in [0.1, 0.15) is 0 Å². The predicted molar refractivity (Wildman–Crippen MR) is 130 cm³/mol. The Labute approximate surface area is 204 Å². The van der Waals surface area contributed by atoms with Crippen LogP contribution in [-0.2, 0) is 19.3 Å². The van der Waals surface area contributed by atoms with Gasteiger partial charge in [0.2, 0.25) is 0 Å². The van der Waals surface area contributed by atoms with E-state index in [0.717, 1.165) is 23.4 Å². The van der Waals surface area contributed by atoms with E-state index in [1.165, 1.54) is 6.07 Å². The number of alkyl halides is 3. The highest BCUT2D eigenvalue weighted by Crippen LogP contribution is 2.29. The lowest BCUT2D eigenvalue weighted by atomic mass is 10.1. The van der Waals surface area contributed by atoms with Crippen LogP contribution in [0.2, 0.25) is 5.02 Å². The third kappa shape index (κ3) is 5.95. The molecule has 176 valence electrons.